The topological polar surface area (TPSA) is 77.2 Å². The van der Waals surface area contributed by atoms with Gasteiger partial charge in [-0.05, 0) is 19.1 Å². The zero-order valence-electron chi connectivity index (χ0n) is 7.23. The van der Waals surface area contributed by atoms with E-state index in [1.165, 1.54) is 0 Å². The van der Waals surface area contributed by atoms with Crippen molar-refractivity contribution in [1.82, 2.24) is 4.98 Å². The molecule has 0 radical (unpaired) electrons. The molecule has 5 nitrogen and oxygen atoms in total. The second-order valence-electron chi connectivity index (χ2n) is 2.45. The lowest BCUT2D eigenvalue weighted by Gasteiger charge is -2.08. The molecule has 0 aliphatic carbocycles. The summed E-state index contributed by atoms with van der Waals surface area (Å²) in [4.78, 5) is 14.8. The minimum Gasteiger partial charge on any atom is -0.431 e. The van der Waals surface area contributed by atoms with Crippen LogP contribution in [0.25, 0.3) is 0 Å². The summed E-state index contributed by atoms with van der Waals surface area (Å²) in [6.07, 6.45) is 0.346. The smallest absolute Gasteiger partial charge is 0.414 e. The number of nitrogens with zero attached hydrogens (tertiary/aromatic N) is 1. The summed E-state index contributed by atoms with van der Waals surface area (Å²) in [6, 6.07) is 5.17. The molecule has 0 fully saturated rings. The number of hydrogen-bond acceptors (Lipinski definition) is 4. The third-order valence-corrected chi connectivity index (χ3v) is 1.19. The molecule has 0 spiro atoms. The number of nitrogens with two attached hydrogens (primary N) is 1. The van der Waals surface area contributed by atoms with Gasteiger partial charge in [-0.25, -0.2) is 9.78 Å². The molecule has 0 bridgehead atoms. The van der Waals surface area contributed by atoms with E-state index in [1.54, 1.807) is 31.3 Å². The molecule has 5 heteroatoms. The summed E-state index contributed by atoms with van der Waals surface area (Å²) >= 11 is 0. The van der Waals surface area contributed by atoms with Crippen molar-refractivity contribution in [1.29, 1.82) is 0 Å². The van der Waals surface area contributed by atoms with Crippen molar-refractivity contribution in [3.63, 3.8) is 0 Å². The Morgan fingerprint density at radius 3 is 3.00 bits per heavy atom. The van der Waals surface area contributed by atoms with Gasteiger partial charge in [0.25, 0.3) is 0 Å². The molecular formula is C8H11N3O2. The van der Waals surface area contributed by atoms with E-state index >= 15 is 0 Å². The number of nitrogens with one attached hydrogen (secondary N) is 1. The van der Waals surface area contributed by atoms with E-state index < -0.39 is 12.3 Å². The second kappa shape index (κ2) is 4.42. The van der Waals surface area contributed by atoms with Gasteiger partial charge in [-0.1, -0.05) is 6.07 Å². The number of aromatic nitrogens is 1. The molecular weight excluding hydrogens is 170 g/mol. The van der Waals surface area contributed by atoms with Crippen LogP contribution in [0.2, 0.25) is 0 Å². The molecule has 1 amide bonds. The summed E-state index contributed by atoms with van der Waals surface area (Å²) < 4.78 is 4.64. The fourth-order valence-electron chi connectivity index (χ4n) is 0.740. The average Bonchev–Trinajstić information content (AvgIpc) is 2.04. The molecule has 0 aliphatic rings. The van der Waals surface area contributed by atoms with Crippen molar-refractivity contribution in [3.05, 3.63) is 24.4 Å². The standard InChI is InChI=1S/C8H11N3O2/c1-6(9)13-8(12)11-7-4-2-3-5-10-7/h2-6H,9H2,1H3,(H,10,11,12). The largest absolute Gasteiger partial charge is 0.431 e. The first-order valence-corrected chi connectivity index (χ1v) is 3.83. The summed E-state index contributed by atoms with van der Waals surface area (Å²) in [5, 5.41) is 2.42. The van der Waals surface area contributed by atoms with E-state index in [2.05, 4.69) is 15.0 Å². The first-order valence-electron chi connectivity index (χ1n) is 3.83. The van der Waals surface area contributed by atoms with Crippen LogP contribution >= 0.6 is 0 Å². The molecule has 13 heavy (non-hydrogen) atoms. The molecule has 1 aromatic heterocycles. The van der Waals surface area contributed by atoms with Gasteiger partial charge in [-0.3, -0.25) is 11.1 Å². The Labute approximate surface area is 75.9 Å². The average molecular weight is 181 g/mol. The predicted octanol–water partition coefficient (Wildman–Crippen LogP) is 0.935. The molecule has 1 aromatic rings. The van der Waals surface area contributed by atoms with Crippen molar-refractivity contribution >= 4 is 11.9 Å². The summed E-state index contributed by atoms with van der Waals surface area (Å²) in [7, 11) is 0. The van der Waals surface area contributed by atoms with E-state index in [0.29, 0.717) is 5.82 Å². The summed E-state index contributed by atoms with van der Waals surface area (Å²) in [6.45, 7) is 1.57. The van der Waals surface area contributed by atoms with Crippen LogP contribution in [0.1, 0.15) is 6.92 Å². The van der Waals surface area contributed by atoms with Gasteiger partial charge in [-0.15, -0.1) is 0 Å². The molecule has 1 heterocycles. The highest BCUT2D eigenvalue weighted by Gasteiger charge is 2.04. The van der Waals surface area contributed by atoms with Crippen molar-refractivity contribution < 1.29 is 9.53 Å². The van der Waals surface area contributed by atoms with Crippen LogP contribution in [0.15, 0.2) is 24.4 Å². The van der Waals surface area contributed by atoms with Gasteiger partial charge in [0.15, 0.2) is 0 Å². The zero-order valence-corrected chi connectivity index (χ0v) is 7.23. The highest BCUT2D eigenvalue weighted by Crippen LogP contribution is 2.00. The number of rotatable bonds is 2. The molecule has 0 aliphatic heterocycles. The number of amides is 1. The minimum atomic E-state index is -0.622. The van der Waals surface area contributed by atoms with E-state index in [0.717, 1.165) is 0 Å². The summed E-state index contributed by atoms with van der Waals surface area (Å²) in [5.74, 6) is 0.438. The van der Waals surface area contributed by atoms with Crippen LogP contribution in [0, 0.1) is 0 Å². The van der Waals surface area contributed by atoms with Crippen LogP contribution < -0.4 is 11.1 Å². The number of carbonyl (C=O) groups is 1. The normalized spacial score (nSPS) is 11.8. The Morgan fingerprint density at radius 1 is 1.69 bits per heavy atom. The maximum Gasteiger partial charge on any atom is 0.414 e. The second-order valence-corrected chi connectivity index (χ2v) is 2.45. The number of hydrogen-bond donors (Lipinski definition) is 2. The Hall–Kier alpha value is -1.62. The number of pyridine rings is 1. The maximum absolute atomic E-state index is 11.0. The van der Waals surface area contributed by atoms with Crippen LogP contribution in [-0.4, -0.2) is 17.3 Å². The third-order valence-electron chi connectivity index (χ3n) is 1.19. The molecule has 70 valence electrons. The molecule has 0 aromatic carbocycles. The van der Waals surface area contributed by atoms with Gasteiger partial charge >= 0.3 is 6.09 Å². The lowest BCUT2D eigenvalue weighted by molar-refractivity contribution is 0.124. The van der Waals surface area contributed by atoms with Crippen LogP contribution in [0.3, 0.4) is 0 Å². The first kappa shape index (κ1) is 9.47. The number of anilines is 1. The fourth-order valence-corrected chi connectivity index (χ4v) is 0.740. The lowest BCUT2D eigenvalue weighted by atomic mass is 10.5. The molecule has 1 unspecified atom stereocenters. The highest BCUT2D eigenvalue weighted by atomic mass is 16.6. The van der Waals surface area contributed by atoms with Gasteiger partial charge in [0.1, 0.15) is 12.0 Å². The zero-order chi connectivity index (χ0) is 9.68. The van der Waals surface area contributed by atoms with E-state index in [-0.39, 0.29) is 0 Å². The Balaban J connectivity index is 2.46. The maximum atomic E-state index is 11.0. The van der Waals surface area contributed by atoms with Crippen molar-refractivity contribution in [3.8, 4) is 0 Å². The molecule has 3 N–H and O–H groups in total. The third kappa shape index (κ3) is 3.53. The Kier molecular flexibility index (Phi) is 3.22. The van der Waals surface area contributed by atoms with Gasteiger partial charge in [0, 0.05) is 6.20 Å². The van der Waals surface area contributed by atoms with Gasteiger partial charge in [0.2, 0.25) is 0 Å². The van der Waals surface area contributed by atoms with Crippen molar-refractivity contribution in [2.45, 2.75) is 13.2 Å². The monoisotopic (exact) mass is 181 g/mol. The van der Waals surface area contributed by atoms with Crippen LogP contribution in [0.4, 0.5) is 10.6 Å². The lowest BCUT2D eigenvalue weighted by Crippen LogP contribution is -2.26. The molecule has 1 atom stereocenters. The molecule has 0 saturated heterocycles. The van der Waals surface area contributed by atoms with Gasteiger partial charge in [-0.2, -0.15) is 0 Å². The highest BCUT2D eigenvalue weighted by molar-refractivity contribution is 5.83. The van der Waals surface area contributed by atoms with E-state index in [1.807, 2.05) is 0 Å². The van der Waals surface area contributed by atoms with Gasteiger partial charge in [0.05, 0.1) is 0 Å². The molecule has 0 saturated carbocycles. The summed E-state index contributed by atoms with van der Waals surface area (Å²) in [5.41, 5.74) is 5.24. The van der Waals surface area contributed by atoms with E-state index in [9.17, 15) is 4.79 Å². The van der Waals surface area contributed by atoms with Crippen molar-refractivity contribution in [2.75, 3.05) is 5.32 Å². The van der Waals surface area contributed by atoms with Crippen LogP contribution in [-0.2, 0) is 4.74 Å². The number of carbonyl (C=O) groups excluding carboxylic acids is 1. The SMILES string of the molecule is CC(N)OC(=O)Nc1ccccn1. The first-order chi connectivity index (χ1) is 6.18. The molecule has 1 rings (SSSR count). The fraction of sp³-hybridized carbons (Fsp3) is 0.250. The minimum absolute atomic E-state index is 0.438. The number of ether oxygens (including phenoxy) is 1. The van der Waals surface area contributed by atoms with Crippen LogP contribution in [0.5, 0.6) is 0 Å². The quantitative estimate of drug-likeness (QED) is 0.665. The van der Waals surface area contributed by atoms with E-state index in [4.69, 9.17) is 5.73 Å². The van der Waals surface area contributed by atoms with Gasteiger partial charge < -0.3 is 4.74 Å². The Bertz CT molecular complexity index is 274. The van der Waals surface area contributed by atoms with Crippen molar-refractivity contribution in [2.24, 2.45) is 5.73 Å². The predicted molar refractivity (Wildman–Crippen MR) is 48.0 cm³/mol. The Morgan fingerprint density at radius 2 is 2.46 bits per heavy atom.